The molecule has 1 aliphatic rings. The predicted octanol–water partition coefficient (Wildman–Crippen LogP) is 1.62. The molecule has 8 heteroatoms. The Labute approximate surface area is 153 Å². The van der Waals surface area contributed by atoms with Crippen molar-refractivity contribution in [1.29, 1.82) is 0 Å². The van der Waals surface area contributed by atoms with Crippen LogP contribution >= 0.6 is 0 Å². The van der Waals surface area contributed by atoms with Gasteiger partial charge >= 0.3 is 0 Å². The quantitative estimate of drug-likeness (QED) is 0.828. The van der Waals surface area contributed by atoms with E-state index in [0.29, 0.717) is 18.8 Å². The molecule has 1 aromatic carbocycles. The first-order valence-corrected chi connectivity index (χ1v) is 10.4. The maximum Gasteiger partial charge on any atom is 0.239 e. The van der Waals surface area contributed by atoms with Gasteiger partial charge in [-0.3, -0.25) is 9.69 Å². The van der Waals surface area contributed by atoms with E-state index in [1.807, 2.05) is 49.2 Å². The number of aryl methyl sites for hydroxylation is 1. The fourth-order valence-electron chi connectivity index (χ4n) is 3.24. The lowest BCUT2D eigenvalue weighted by atomic mass is 10.2. The molecule has 1 fully saturated rings. The zero-order chi connectivity index (χ0) is 18.7. The first-order valence-electron chi connectivity index (χ1n) is 8.61. The fraction of sp³-hybridized carbons (Fsp3) is 0.444. The van der Waals surface area contributed by atoms with Crippen molar-refractivity contribution in [1.82, 2.24) is 14.7 Å². The van der Waals surface area contributed by atoms with E-state index in [1.54, 1.807) is 10.7 Å². The number of nitrogens with zero attached hydrogens (tertiary/aromatic N) is 3. The van der Waals surface area contributed by atoms with Crippen LogP contribution in [0.2, 0.25) is 0 Å². The number of carbonyl (C=O) groups excluding carboxylic acids is 1. The van der Waals surface area contributed by atoms with Crippen molar-refractivity contribution in [2.24, 2.45) is 0 Å². The van der Waals surface area contributed by atoms with Crippen molar-refractivity contribution in [3.8, 4) is 0 Å². The number of anilines is 1. The third-order valence-corrected chi connectivity index (χ3v) is 6.14. The van der Waals surface area contributed by atoms with Crippen molar-refractivity contribution >= 4 is 21.6 Å². The van der Waals surface area contributed by atoms with E-state index in [0.717, 1.165) is 11.3 Å². The molecular weight excluding hydrogens is 352 g/mol. The summed E-state index contributed by atoms with van der Waals surface area (Å²) in [4.78, 5) is 14.3. The maximum absolute atomic E-state index is 12.4. The topological polar surface area (TPSA) is 84.3 Å². The van der Waals surface area contributed by atoms with E-state index < -0.39 is 9.84 Å². The summed E-state index contributed by atoms with van der Waals surface area (Å²) in [7, 11) is -1.13. The molecule has 140 valence electrons. The molecule has 1 unspecified atom stereocenters. The zero-order valence-electron chi connectivity index (χ0n) is 15.1. The standard InChI is InChI=1S/C18H24N4O3S/c1-14-10-17(22(20-14)16-8-9-26(24,25)13-16)19-18(23)12-21(2)11-15-6-4-3-5-7-15/h3-7,10,16H,8-9,11-13H2,1-2H3,(H,19,23). The summed E-state index contributed by atoms with van der Waals surface area (Å²) in [6.45, 7) is 2.74. The van der Waals surface area contributed by atoms with E-state index in [1.165, 1.54) is 0 Å². The number of hydrogen-bond acceptors (Lipinski definition) is 5. The van der Waals surface area contributed by atoms with E-state index in [9.17, 15) is 13.2 Å². The van der Waals surface area contributed by atoms with Crippen molar-refractivity contribution in [3.63, 3.8) is 0 Å². The normalized spacial score (nSPS) is 19.0. The molecule has 0 saturated carbocycles. The third-order valence-electron chi connectivity index (χ3n) is 4.39. The van der Waals surface area contributed by atoms with Gasteiger partial charge in [0.25, 0.3) is 0 Å². The molecule has 3 rings (SSSR count). The summed E-state index contributed by atoms with van der Waals surface area (Å²) >= 11 is 0. The molecule has 1 N–H and O–H groups in total. The molecule has 0 bridgehead atoms. The molecule has 26 heavy (non-hydrogen) atoms. The second kappa shape index (κ2) is 7.59. The Kier molecular flexibility index (Phi) is 5.43. The molecule has 0 spiro atoms. The summed E-state index contributed by atoms with van der Waals surface area (Å²) in [6.07, 6.45) is 0.528. The number of aromatic nitrogens is 2. The molecule has 7 nitrogen and oxygen atoms in total. The summed E-state index contributed by atoms with van der Waals surface area (Å²) in [5.41, 5.74) is 1.89. The van der Waals surface area contributed by atoms with Crippen LogP contribution in [0.4, 0.5) is 5.82 Å². The molecule has 1 atom stereocenters. The Hall–Kier alpha value is -2.19. The monoisotopic (exact) mass is 376 g/mol. The Morgan fingerprint density at radius 3 is 2.73 bits per heavy atom. The molecule has 1 aromatic heterocycles. The van der Waals surface area contributed by atoms with Gasteiger partial charge in [0, 0.05) is 12.6 Å². The first-order chi connectivity index (χ1) is 12.3. The fourth-order valence-corrected chi connectivity index (χ4v) is 4.93. The van der Waals surface area contributed by atoms with Gasteiger partial charge in [-0.1, -0.05) is 30.3 Å². The maximum atomic E-state index is 12.4. The minimum atomic E-state index is -3.01. The Balaban J connectivity index is 1.62. The minimum absolute atomic E-state index is 0.0743. The number of nitrogens with one attached hydrogen (secondary N) is 1. The van der Waals surface area contributed by atoms with Crippen molar-refractivity contribution in [2.75, 3.05) is 30.4 Å². The highest BCUT2D eigenvalue weighted by Crippen LogP contribution is 2.27. The van der Waals surface area contributed by atoms with E-state index >= 15 is 0 Å². The number of rotatable bonds is 6. The summed E-state index contributed by atoms with van der Waals surface area (Å²) < 4.78 is 25.1. The number of carbonyl (C=O) groups is 1. The van der Waals surface area contributed by atoms with Crippen LogP contribution in [0.5, 0.6) is 0 Å². The van der Waals surface area contributed by atoms with Crippen molar-refractivity contribution in [3.05, 3.63) is 47.7 Å². The number of hydrogen-bond donors (Lipinski definition) is 1. The van der Waals surface area contributed by atoms with Crippen LogP contribution in [0, 0.1) is 6.92 Å². The highest BCUT2D eigenvalue weighted by Gasteiger charge is 2.31. The molecule has 1 saturated heterocycles. The van der Waals surface area contributed by atoms with Gasteiger partial charge in [-0.05, 0) is 26.0 Å². The number of likely N-dealkylation sites (N-methyl/N-ethyl adjacent to an activating group) is 1. The average molecular weight is 376 g/mol. The van der Waals surface area contributed by atoms with Crippen LogP contribution in [-0.2, 0) is 21.2 Å². The van der Waals surface area contributed by atoms with Crippen LogP contribution in [0.3, 0.4) is 0 Å². The van der Waals surface area contributed by atoms with Crippen LogP contribution in [0.25, 0.3) is 0 Å². The highest BCUT2D eigenvalue weighted by atomic mass is 32.2. The Morgan fingerprint density at radius 2 is 2.08 bits per heavy atom. The molecule has 1 aliphatic heterocycles. The second-order valence-electron chi connectivity index (χ2n) is 6.88. The van der Waals surface area contributed by atoms with Crippen LogP contribution in [0.1, 0.15) is 23.7 Å². The molecule has 2 aromatic rings. The van der Waals surface area contributed by atoms with Gasteiger partial charge in [0.1, 0.15) is 5.82 Å². The average Bonchev–Trinajstić information content (AvgIpc) is 3.10. The largest absolute Gasteiger partial charge is 0.310 e. The van der Waals surface area contributed by atoms with Gasteiger partial charge in [0.05, 0.1) is 29.8 Å². The Morgan fingerprint density at radius 1 is 1.35 bits per heavy atom. The highest BCUT2D eigenvalue weighted by molar-refractivity contribution is 7.91. The molecule has 0 aliphatic carbocycles. The number of benzene rings is 1. The summed E-state index contributed by atoms with van der Waals surface area (Å²) in [6, 6.07) is 11.5. The number of sulfone groups is 1. The van der Waals surface area contributed by atoms with Gasteiger partial charge < -0.3 is 5.32 Å². The molecular formula is C18H24N4O3S. The Bertz CT molecular complexity index is 877. The minimum Gasteiger partial charge on any atom is -0.310 e. The lowest BCUT2D eigenvalue weighted by molar-refractivity contribution is -0.117. The molecule has 2 heterocycles. The van der Waals surface area contributed by atoms with Crippen LogP contribution in [0.15, 0.2) is 36.4 Å². The van der Waals surface area contributed by atoms with Crippen LogP contribution < -0.4 is 5.32 Å². The smallest absolute Gasteiger partial charge is 0.239 e. The summed E-state index contributed by atoms with van der Waals surface area (Å²) in [5, 5.41) is 7.26. The van der Waals surface area contributed by atoms with Crippen LogP contribution in [-0.4, -0.2) is 54.1 Å². The lowest BCUT2D eigenvalue weighted by Crippen LogP contribution is -2.31. The predicted molar refractivity (Wildman–Crippen MR) is 101 cm³/mol. The van der Waals surface area contributed by atoms with Gasteiger partial charge in [-0.25, -0.2) is 13.1 Å². The number of amides is 1. The van der Waals surface area contributed by atoms with Gasteiger partial charge in [0.2, 0.25) is 5.91 Å². The molecule has 1 amide bonds. The SMILES string of the molecule is Cc1cc(NC(=O)CN(C)Cc2ccccc2)n(C2CCS(=O)(=O)C2)n1. The molecule has 0 radical (unpaired) electrons. The van der Waals surface area contributed by atoms with E-state index in [2.05, 4.69) is 10.4 Å². The van der Waals surface area contributed by atoms with E-state index in [-0.39, 0.29) is 30.0 Å². The van der Waals surface area contributed by atoms with E-state index in [4.69, 9.17) is 0 Å². The van der Waals surface area contributed by atoms with Crippen molar-refractivity contribution < 1.29 is 13.2 Å². The second-order valence-corrected chi connectivity index (χ2v) is 9.11. The lowest BCUT2D eigenvalue weighted by Gasteiger charge is -2.18. The third kappa shape index (κ3) is 4.70. The van der Waals surface area contributed by atoms with Gasteiger partial charge in [0.15, 0.2) is 9.84 Å². The first kappa shape index (κ1) is 18.6. The van der Waals surface area contributed by atoms with Crippen molar-refractivity contribution in [2.45, 2.75) is 25.9 Å². The zero-order valence-corrected chi connectivity index (χ0v) is 15.9. The van der Waals surface area contributed by atoms with Gasteiger partial charge in [-0.2, -0.15) is 5.10 Å². The van der Waals surface area contributed by atoms with Gasteiger partial charge in [-0.15, -0.1) is 0 Å². The summed E-state index contributed by atoms with van der Waals surface area (Å²) in [5.74, 6) is 0.655.